The summed E-state index contributed by atoms with van der Waals surface area (Å²) < 4.78 is 16.6. The van der Waals surface area contributed by atoms with Gasteiger partial charge in [-0.3, -0.25) is 14.4 Å². The SMILES string of the molecule is CCCCCCCC/C=C\C/C=C\CCC(=O)OC(COC(=O)CCCCCCC/C=C\CCCCCCCCC)COC(=O)CCCCCCCCCCC. The zero-order chi connectivity index (χ0) is 40.8. The maximum Gasteiger partial charge on any atom is 0.306 e. The lowest BCUT2D eigenvalue weighted by Gasteiger charge is -2.18. The molecule has 326 valence electrons. The van der Waals surface area contributed by atoms with Gasteiger partial charge in [-0.15, -0.1) is 0 Å². The third kappa shape index (κ3) is 42.8. The molecule has 1 atom stereocenters. The predicted molar refractivity (Wildman–Crippen MR) is 238 cm³/mol. The maximum atomic E-state index is 12.7. The highest BCUT2D eigenvalue weighted by atomic mass is 16.6. The summed E-state index contributed by atoms with van der Waals surface area (Å²) >= 11 is 0. The lowest BCUT2D eigenvalue weighted by atomic mass is 10.1. The Bertz CT molecular complexity index is 953. The van der Waals surface area contributed by atoms with Crippen molar-refractivity contribution in [3.05, 3.63) is 36.5 Å². The molecule has 0 amide bonds. The molecule has 6 heteroatoms. The van der Waals surface area contributed by atoms with Crippen molar-refractivity contribution in [1.82, 2.24) is 0 Å². The Morgan fingerprint density at radius 3 is 1.07 bits per heavy atom. The number of carbonyl (C=O) groups is 3. The lowest BCUT2D eigenvalue weighted by Crippen LogP contribution is -2.30. The van der Waals surface area contributed by atoms with E-state index in [9.17, 15) is 14.4 Å². The van der Waals surface area contributed by atoms with E-state index < -0.39 is 6.10 Å². The average molecular weight is 787 g/mol. The number of allylic oxidation sites excluding steroid dienone is 6. The van der Waals surface area contributed by atoms with Crippen molar-refractivity contribution in [2.45, 2.75) is 252 Å². The van der Waals surface area contributed by atoms with Gasteiger partial charge in [0.2, 0.25) is 0 Å². The van der Waals surface area contributed by atoms with E-state index in [0.717, 1.165) is 57.8 Å². The number of esters is 3. The van der Waals surface area contributed by atoms with E-state index in [2.05, 4.69) is 51.2 Å². The molecule has 0 aromatic heterocycles. The van der Waals surface area contributed by atoms with Crippen molar-refractivity contribution in [1.29, 1.82) is 0 Å². The fourth-order valence-electron chi connectivity index (χ4n) is 6.72. The number of hydrogen-bond donors (Lipinski definition) is 0. The summed E-state index contributed by atoms with van der Waals surface area (Å²) in [5, 5.41) is 0. The van der Waals surface area contributed by atoms with Gasteiger partial charge in [0.05, 0.1) is 0 Å². The summed E-state index contributed by atoms with van der Waals surface area (Å²) in [7, 11) is 0. The largest absolute Gasteiger partial charge is 0.462 e. The van der Waals surface area contributed by atoms with E-state index in [1.807, 2.05) is 6.08 Å². The van der Waals surface area contributed by atoms with Gasteiger partial charge in [-0.2, -0.15) is 0 Å². The summed E-state index contributed by atoms with van der Waals surface area (Å²) in [6.07, 6.45) is 51.4. The van der Waals surface area contributed by atoms with E-state index in [4.69, 9.17) is 14.2 Å². The lowest BCUT2D eigenvalue weighted by molar-refractivity contribution is -0.166. The van der Waals surface area contributed by atoms with Gasteiger partial charge in [0.25, 0.3) is 0 Å². The number of carbonyl (C=O) groups excluding carboxylic acids is 3. The summed E-state index contributed by atoms with van der Waals surface area (Å²) in [5.41, 5.74) is 0. The van der Waals surface area contributed by atoms with Crippen LogP contribution in [0.3, 0.4) is 0 Å². The third-order valence-electron chi connectivity index (χ3n) is 10.4. The van der Waals surface area contributed by atoms with Gasteiger partial charge >= 0.3 is 17.9 Å². The van der Waals surface area contributed by atoms with E-state index >= 15 is 0 Å². The zero-order valence-electron chi connectivity index (χ0n) is 37.2. The van der Waals surface area contributed by atoms with E-state index in [-0.39, 0.29) is 37.5 Å². The minimum atomic E-state index is -0.800. The molecule has 1 unspecified atom stereocenters. The molecule has 0 saturated heterocycles. The molecule has 0 heterocycles. The fraction of sp³-hybridized carbons (Fsp3) is 0.820. The van der Waals surface area contributed by atoms with Gasteiger partial charge in [-0.05, 0) is 64.2 Å². The summed E-state index contributed by atoms with van der Waals surface area (Å²) in [4.78, 5) is 37.7. The van der Waals surface area contributed by atoms with Gasteiger partial charge in [0, 0.05) is 19.3 Å². The Kier molecular flexibility index (Phi) is 43.4. The molecule has 6 nitrogen and oxygen atoms in total. The molecular formula is C50H90O6. The van der Waals surface area contributed by atoms with Crippen LogP contribution in [0.1, 0.15) is 245 Å². The van der Waals surface area contributed by atoms with E-state index in [0.29, 0.717) is 19.3 Å². The molecule has 56 heavy (non-hydrogen) atoms. The van der Waals surface area contributed by atoms with Crippen LogP contribution in [0.5, 0.6) is 0 Å². The molecule has 0 aliphatic heterocycles. The van der Waals surface area contributed by atoms with Gasteiger partial charge in [0.15, 0.2) is 6.10 Å². The Hall–Kier alpha value is -2.37. The van der Waals surface area contributed by atoms with Crippen LogP contribution in [0, 0.1) is 0 Å². The topological polar surface area (TPSA) is 78.9 Å². The highest BCUT2D eigenvalue weighted by Gasteiger charge is 2.19. The van der Waals surface area contributed by atoms with Gasteiger partial charge < -0.3 is 14.2 Å². The number of ether oxygens (including phenoxy) is 3. The number of hydrogen-bond acceptors (Lipinski definition) is 6. The summed E-state index contributed by atoms with van der Waals surface area (Å²) in [5.74, 6) is -0.971. The van der Waals surface area contributed by atoms with E-state index in [1.54, 1.807) is 0 Å². The molecule has 0 aliphatic carbocycles. The van der Waals surface area contributed by atoms with Crippen LogP contribution < -0.4 is 0 Å². The van der Waals surface area contributed by atoms with Crippen LogP contribution in [-0.4, -0.2) is 37.2 Å². The van der Waals surface area contributed by atoms with Crippen LogP contribution in [0.2, 0.25) is 0 Å². The molecule has 0 aromatic carbocycles. The first-order valence-corrected chi connectivity index (χ1v) is 24.0. The van der Waals surface area contributed by atoms with E-state index in [1.165, 1.54) is 141 Å². The number of rotatable bonds is 43. The van der Waals surface area contributed by atoms with Gasteiger partial charge in [-0.1, -0.05) is 198 Å². The first-order chi connectivity index (χ1) is 27.5. The van der Waals surface area contributed by atoms with Crippen molar-refractivity contribution in [3.8, 4) is 0 Å². The minimum Gasteiger partial charge on any atom is -0.462 e. The molecule has 0 N–H and O–H groups in total. The van der Waals surface area contributed by atoms with Gasteiger partial charge in [0.1, 0.15) is 13.2 Å². The fourth-order valence-corrected chi connectivity index (χ4v) is 6.72. The van der Waals surface area contributed by atoms with Crippen LogP contribution >= 0.6 is 0 Å². The first-order valence-electron chi connectivity index (χ1n) is 24.0. The molecule has 0 aliphatic rings. The zero-order valence-corrected chi connectivity index (χ0v) is 37.2. The second-order valence-corrected chi connectivity index (χ2v) is 16.0. The van der Waals surface area contributed by atoms with Gasteiger partial charge in [-0.25, -0.2) is 0 Å². The third-order valence-corrected chi connectivity index (χ3v) is 10.4. The second kappa shape index (κ2) is 45.3. The average Bonchev–Trinajstić information content (AvgIpc) is 3.19. The minimum absolute atomic E-state index is 0.0952. The van der Waals surface area contributed by atoms with Crippen LogP contribution in [0.4, 0.5) is 0 Å². The van der Waals surface area contributed by atoms with Crippen molar-refractivity contribution in [2.24, 2.45) is 0 Å². The Labute approximate surface area is 346 Å². The van der Waals surface area contributed by atoms with Crippen LogP contribution in [0.15, 0.2) is 36.5 Å². The first kappa shape index (κ1) is 53.6. The molecule has 0 aromatic rings. The monoisotopic (exact) mass is 787 g/mol. The second-order valence-electron chi connectivity index (χ2n) is 16.0. The highest BCUT2D eigenvalue weighted by Crippen LogP contribution is 2.14. The van der Waals surface area contributed by atoms with Crippen molar-refractivity contribution in [2.75, 3.05) is 13.2 Å². The Balaban J connectivity index is 4.40. The molecule has 0 bridgehead atoms. The molecule has 0 radical (unpaired) electrons. The Morgan fingerprint density at radius 2 is 0.679 bits per heavy atom. The van der Waals surface area contributed by atoms with Crippen molar-refractivity contribution < 1.29 is 28.6 Å². The maximum absolute atomic E-state index is 12.7. The predicted octanol–water partition coefficient (Wildman–Crippen LogP) is 15.4. The quantitative estimate of drug-likeness (QED) is 0.0265. The molecular weight excluding hydrogens is 697 g/mol. The summed E-state index contributed by atoms with van der Waals surface area (Å²) in [6.45, 7) is 6.55. The molecule has 0 fully saturated rings. The van der Waals surface area contributed by atoms with Crippen LogP contribution in [0.25, 0.3) is 0 Å². The number of unbranched alkanes of at least 4 members (excludes halogenated alkanes) is 26. The molecule has 0 rings (SSSR count). The van der Waals surface area contributed by atoms with Crippen molar-refractivity contribution in [3.63, 3.8) is 0 Å². The highest BCUT2D eigenvalue weighted by molar-refractivity contribution is 5.71. The normalized spacial score (nSPS) is 12.3. The van der Waals surface area contributed by atoms with Crippen molar-refractivity contribution >= 4 is 17.9 Å². The standard InChI is InChI=1S/C50H90O6/c1-4-7-10-13-16-19-21-23-24-25-27-28-31-34-37-40-43-49(52)55-46-47(45-54-48(51)42-39-36-33-30-18-15-12-9-6-3)56-50(53)44-41-38-35-32-29-26-22-20-17-14-11-8-5-2/h24-26,29,35,38,47H,4-23,27-28,30-34,36-37,39-46H2,1-3H3/b25-24-,29-26-,38-35-. The molecule has 0 spiro atoms. The Morgan fingerprint density at radius 1 is 0.357 bits per heavy atom. The summed E-state index contributed by atoms with van der Waals surface area (Å²) in [6, 6.07) is 0. The smallest absolute Gasteiger partial charge is 0.306 e. The van der Waals surface area contributed by atoms with Crippen LogP contribution in [-0.2, 0) is 28.6 Å². The molecule has 0 saturated carbocycles.